The molecule has 2 aromatic carbocycles. The van der Waals surface area contributed by atoms with Gasteiger partial charge in [0.1, 0.15) is 5.82 Å². The Morgan fingerprint density at radius 1 is 1.13 bits per heavy atom. The molecular weight excluding hydrogens is 392 g/mol. The molecular formula is C23H24N6O2. The number of rotatable bonds is 5. The van der Waals surface area contributed by atoms with Crippen LogP contribution in [0.4, 0.5) is 5.82 Å². The quantitative estimate of drug-likeness (QED) is 0.464. The van der Waals surface area contributed by atoms with Crippen molar-refractivity contribution in [2.45, 2.75) is 26.3 Å². The number of aromatic amines is 2. The molecule has 8 nitrogen and oxygen atoms in total. The van der Waals surface area contributed by atoms with Crippen LogP contribution in [0.2, 0.25) is 0 Å². The summed E-state index contributed by atoms with van der Waals surface area (Å²) in [5, 5.41) is 11.3. The Balaban J connectivity index is 1.35. The van der Waals surface area contributed by atoms with Gasteiger partial charge in [-0.2, -0.15) is 5.10 Å². The van der Waals surface area contributed by atoms with Crippen molar-refractivity contribution in [3.63, 3.8) is 0 Å². The van der Waals surface area contributed by atoms with Crippen LogP contribution >= 0.6 is 0 Å². The van der Waals surface area contributed by atoms with E-state index >= 15 is 0 Å². The van der Waals surface area contributed by atoms with Gasteiger partial charge in [-0.25, -0.2) is 4.98 Å². The highest BCUT2D eigenvalue weighted by molar-refractivity contribution is 6.05. The number of fused-ring (bicyclic) bond motifs is 2. The second-order valence-corrected chi connectivity index (χ2v) is 8.37. The first-order valence-electron chi connectivity index (χ1n) is 10.5. The third-order valence-corrected chi connectivity index (χ3v) is 5.87. The van der Waals surface area contributed by atoms with Crippen LogP contribution in [-0.4, -0.2) is 38.5 Å². The molecule has 3 N–H and O–H groups in total. The fourth-order valence-electron chi connectivity index (χ4n) is 4.18. The summed E-state index contributed by atoms with van der Waals surface area (Å²) >= 11 is 0. The van der Waals surface area contributed by atoms with Crippen molar-refractivity contribution in [3.8, 4) is 0 Å². The lowest BCUT2D eigenvalue weighted by molar-refractivity contribution is -0.127. The van der Waals surface area contributed by atoms with Crippen LogP contribution < -0.4 is 10.2 Å². The first-order valence-corrected chi connectivity index (χ1v) is 10.5. The zero-order valence-corrected chi connectivity index (χ0v) is 17.4. The molecule has 0 saturated carbocycles. The Bertz CT molecular complexity index is 1240. The number of aromatic nitrogens is 4. The Morgan fingerprint density at radius 2 is 1.87 bits per heavy atom. The standard InChI is InChI=1S/C23H24N6O2/c1-13(2)20(21-24-17-9-5-6-10-18(17)25-21)26-23(31)14-11-19(30)29(12-14)22-15-7-3-4-8-16(15)27-28-22/h3-10,13-14,20H,11-12H2,1-2H3,(H,24,25)(H,26,31)(H,27,28)/t14-,20-/m1/s1. The summed E-state index contributed by atoms with van der Waals surface area (Å²) in [5.74, 6) is 0.760. The molecule has 5 rings (SSSR count). The van der Waals surface area contributed by atoms with E-state index in [1.54, 1.807) is 4.90 Å². The van der Waals surface area contributed by atoms with Crippen LogP contribution in [0.3, 0.4) is 0 Å². The van der Waals surface area contributed by atoms with Gasteiger partial charge in [0.15, 0.2) is 5.82 Å². The van der Waals surface area contributed by atoms with Crippen LogP contribution in [0, 0.1) is 11.8 Å². The summed E-state index contributed by atoms with van der Waals surface area (Å²) in [6.45, 7) is 4.39. The van der Waals surface area contributed by atoms with Gasteiger partial charge >= 0.3 is 0 Å². The van der Waals surface area contributed by atoms with Crippen LogP contribution in [-0.2, 0) is 9.59 Å². The summed E-state index contributed by atoms with van der Waals surface area (Å²) < 4.78 is 0. The molecule has 8 heteroatoms. The van der Waals surface area contributed by atoms with Crippen molar-refractivity contribution < 1.29 is 9.59 Å². The third kappa shape index (κ3) is 3.43. The molecule has 0 radical (unpaired) electrons. The minimum atomic E-state index is -0.436. The minimum Gasteiger partial charge on any atom is -0.346 e. The maximum Gasteiger partial charge on any atom is 0.229 e. The van der Waals surface area contributed by atoms with Crippen molar-refractivity contribution in [1.29, 1.82) is 0 Å². The number of hydrogen-bond acceptors (Lipinski definition) is 4. The van der Waals surface area contributed by atoms with Crippen molar-refractivity contribution in [2.24, 2.45) is 11.8 Å². The van der Waals surface area contributed by atoms with Crippen LogP contribution in [0.25, 0.3) is 21.9 Å². The minimum absolute atomic E-state index is 0.0952. The number of para-hydroxylation sites is 3. The van der Waals surface area contributed by atoms with Crippen molar-refractivity contribution in [1.82, 2.24) is 25.5 Å². The number of carbonyl (C=O) groups is 2. The fourth-order valence-corrected chi connectivity index (χ4v) is 4.18. The highest BCUT2D eigenvalue weighted by Gasteiger charge is 2.38. The highest BCUT2D eigenvalue weighted by atomic mass is 16.2. The predicted molar refractivity (Wildman–Crippen MR) is 118 cm³/mol. The normalized spacial score (nSPS) is 17.7. The number of nitrogens with zero attached hydrogens (tertiary/aromatic N) is 3. The van der Waals surface area contributed by atoms with Gasteiger partial charge in [-0.05, 0) is 30.2 Å². The molecule has 2 atom stereocenters. The maximum atomic E-state index is 13.1. The van der Waals surface area contributed by atoms with E-state index in [0.29, 0.717) is 12.4 Å². The molecule has 31 heavy (non-hydrogen) atoms. The molecule has 0 bridgehead atoms. The van der Waals surface area contributed by atoms with Gasteiger partial charge in [-0.1, -0.05) is 38.1 Å². The van der Waals surface area contributed by atoms with Crippen LogP contribution in [0.5, 0.6) is 0 Å². The monoisotopic (exact) mass is 416 g/mol. The lowest BCUT2D eigenvalue weighted by Crippen LogP contribution is -2.38. The van der Waals surface area contributed by atoms with Gasteiger partial charge in [0.2, 0.25) is 11.8 Å². The molecule has 1 saturated heterocycles. The Labute approximate surface area is 179 Å². The first kappa shape index (κ1) is 19.3. The molecule has 0 aliphatic carbocycles. The van der Waals surface area contributed by atoms with Crippen LogP contribution in [0.15, 0.2) is 48.5 Å². The molecule has 1 aliphatic heterocycles. The van der Waals surface area contributed by atoms with Crippen molar-refractivity contribution >= 4 is 39.6 Å². The molecule has 1 fully saturated rings. The van der Waals surface area contributed by atoms with Gasteiger partial charge in [0, 0.05) is 18.4 Å². The number of benzene rings is 2. The molecule has 158 valence electrons. The molecule has 1 aliphatic rings. The zero-order valence-electron chi connectivity index (χ0n) is 17.4. The number of amides is 2. The lowest BCUT2D eigenvalue weighted by atomic mass is 10.0. The SMILES string of the molecule is CC(C)[C@@H](NC(=O)[C@@H]1CC(=O)N(c2n[nH]c3ccccc23)C1)c1nc2ccccc2[nH]1. The van der Waals surface area contributed by atoms with E-state index in [1.807, 2.05) is 62.4 Å². The number of carbonyl (C=O) groups excluding carboxylic acids is 2. The van der Waals surface area contributed by atoms with E-state index in [1.165, 1.54) is 0 Å². The average molecular weight is 416 g/mol. The average Bonchev–Trinajstić information content (AvgIpc) is 3.47. The zero-order chi connectivity index (χ0) is 21.5. The topological polar surface area (TPSA) is 107 Å². The molecule has 2 aromatic heterocycles. The first-order chi connectivity index (χ1) is 15.0. The third-order valence-electron chi connectivity index (χ3n) is 5.87. The molecule has 3 heterocycles. The number of hydrogen-bond donors (Lipinski definition) is 3. The van der Waals surface area contributed by atoms with Gasteiger partial charge < -0.3 is 10.3 Å². The summed E-state index contributed by atoms with van der Waals surface area (Å²) in [4.78, 5) is 35.4. The number of nitrogens with one attached hydrogen (secondary N) is 3. The van der Waals surface area contributed by atoms with E-state index in [9.17, 15) is 9.59 Å². The van der Waals surface area contributed by atoms with E-state index in [2.05, 4.69) is 25.5 Å². The molecule has 2 amide bonds. The molecule has 4 aromatic rings. The van der Waals surface area contributed by atoms with Gasteiger partial charge in [-0.15, -0.1) is 0 Å². The van der Waals surface area contributed by atoms with E-state index < -0.39 is 5.92 Å². The predicted octanol–water partition coefficient (Wildman–Crippen LogP) is 3.31. The van der Waals surface area contributed by atoms with Gasteiger partial charge in [0.05, 0.1) is 28.5 Å². The van der Waals surface area contributed by atoms with Crippen LogP contribution in [0.1, 0.15) is 32.1 Å². The summed E-state index contributed by atoms with van der Waals surface area (Å²) in [6, 6.07) is 15.2. The molecule has 0 unspecified atom stereocenters. The van der Waals surface area contributed by atoms with Gasteiger partial charge in [0.25, 0.3) is 0 Å². The summed E-state index contributed by atoms with van der Waals surface area (Å²) in [5.41, 5.74) is 2.66. The van der Waals surface area contributed by atoms with Gasteiger partial charge in [-0.3, -0.25) is 19.6 Å². The number of anilines is 1. The largest absolute Gasteiger partial charge is 0.346 e. The van der Waals surface area contributed by atoms with E-state index in [-0.39, 0.29) is 30.2 Å². The number of H-pyrrole nitrogens is 2. The lowest BCUT2D eigenvalue weighted by Gasteiger charge is -2.22. The summed E-state index contributed by atoms with van der Waals surface area (Å²) in [6.07, 6.45) is 0.165. The van der Waals surface area contributed by atoms with Crippen molar-refractivity contribution in [2.75, 3.05) is 11.4 Å². The Morgan fingerprint density at radius 3 is 2.65 bits per heavy atom. The van der Waals surface area contributed by atoms with E-state index in [0.717, 1.165) is 27.8 Å². The number of imidazole rings is 1. The fraction of sp³-hybridized carbons (Fsp3) is 0.304. The maximum absolute atomic E-state index is 13.1. The highest BCUT2D eigenvalue weighted by Crippen LogP contribution is 2.30. The molecule has 0 spiro atoms. The smallest absolute Gasteiger partial charge is 0.229 e. The summed E-state index contributed by atoms with van der Waals surface area (Å²) in [7, 11) is 0. The Hall–Kier alpha value is -3.68. The van der Waals surface area contributed by atoms with E-state index in [4.69, 9.17) is 0 Å². The second kappa shape index (κ2) is 7.54. The Kier molecular flexibility index (Phi) is 4.69. The van der Waals surface area contributed by atoms with Crippen molar-refractivity contribution in [3.05, 3.63) is 54.4 Å². The second-order valence-electron chi connectivity index (χ2n) is 8.37.